The molecule has 2 aromatic carbocycles. The van der Waals surface area contributed by atoms with E-state index in [0.29, 0.717) is 22.9 Å². The number of amides is 2. The molecule has 3 N–H and O–H groups in total. The number of carbonyl (C=O) groups excluding carboxylic acids is 2. The zero-order valence-electron chi connectivity index (χ0n) is 14.0. The first-order valence-corrected chi connectivity index (χ1v) is 7.79. The van der Waals surface area contributed by atoms with Gasteiger partial charge in [-0.15, -0.1) is 0 Å². The van der Waals surface area contributed by atoms with Crippen LogP contribution in [-0.4, -0.2) is 32.1 Å². The lowest BCUT2D eigenvalue weighted by molar-refractivity contribution is -0.122. The van der Waals surface area contributed by atoms with Crippen LogP contribution >= 0.6 is 0 Å². The summed E-state index contributed by atoms with van der Waals surface area (Å²) in [7, 11) is 3.07. The Morgan fingerprint density at radius 1 is 1.08 bits per heavy atom. The number of nitrogens with one attached hydrogen (secondary N) is 3. The average molecular weight is 341 g/mol. The van der Waals surface area contributed by atoms with E-state index in [1.165, 1.54) is 7.11 Å². The van der Waals surface area contributed by atoms with Gasteiger partial charge in [0.15, 0.2) is 11.5 Å². The fourth-order valence-electron chi connectivity index (χ4n) is 2.65. The van der Waals surface area contributed by atoms with Gasteiger partial charge in [-0.3, -0.25) is 9.59 Å². The van der Waals surface area contributed by atoms with Crippen LogP contribution in [0.3, 0.4) is 0 Å². The van der Waals surface area contributed by atoms with E-state index < -0.39 is 6.04 Å². The highest BCUT2D eigenvalue weighted by atomic mass is 16.5. The fourth-order valence-corrected chi connectivity index (χ4v) is 2.65. The Kier molecular flexibility index (Phi) is 4.74. The zero-order chi connectivity index (χ0) is 17.8. The van der Waals surface area contributed by atoms with Crippen molar-refractivity contribution in [2.45, 2.75) is 12.5 Å². The standard InChI is InChI=1S/C18H19N3O4/c1-24-15-8-7-11(9-16(15)25-2)19-17(22)10-14-18(23)21-13-6-4-3-5-12(13)20-14/h3-9,14,20H,10H2,1-2H3,(H,19,22)(H,21,23)/t14-/m0/s1. The second-order valence-corrected chi connectivity index (χ2v) is 5.55. The van der Waals surface area contributed by atoms with Crippen LogP contribution in [0.25, 0.3) is 0 Å². The van der Waals surface area contributed by atoms with Crippen molar-refractivity contribution in [3.8, 4) is 11.5 Å². The van der Waals surface area contributed by atoms with Gasteiger partial charge in [0, 0.05) is 11.8 Å². The molecule has 1 heterocycles. The van der Waals surface area contributed by atoms with E-state index in [4.69, 9.17) is 9.47 Å². The molecule has 0 spiro atoms. The van der Waals surface area contributed by atoms with Gasteiger partial charge in [-0.05, 0) is 24.3 Å². The number of anilines is 3. The highest BCUT2D eigenvalue weighted by Crippen LogP contribution is 2.30. The molecule has 3 rings (SSSR count). The summed E-state index contributed by atoms with van der Waals surface area (Å²) in [6.45, 7) is 0. The molecule has 0 radical (unpaired) electrons. The molecule has 25 heavy (non-hydrogen) atoms. The Bertz CT molecular complexity index is 807. The first kappa shape index (κ1) is 16.6. The van der Waals surface area contributed by atoms with Crippen molar-refractivity contribution in [3.05, 3.63) is 42.5 Å². The van der Waals surface area contributed by atoms with E-state index in [0.717, 1.165) is 5.69 Å². The van der Waals surface area contributed by atoms with Crippen LogP contribution in [0.1, 0.15) is 6.42 Å². The van der Waals surface area contributed by atoms with Gasteiger partial charge in [0.2, 0.25) is 11.8 Å². The smallest absolute Gasteiger partial charge is 0.247 e. The lowest BCUT2D eigenvalue weighted by Gasteiger charge is -2.26. The Morgan fingerprint density at radius 3 is 2.52 bits per heavy atom. The van der Waals surface area contributed by atoms with Crippen molar-refractivity contribution in [2.24, 2.45) is 0 Å². The number of hydrogen-bond donors (Lipinski definition) is 3. The maximum atomic E-state index is 12.3. The summed E-state index contributed by atoms with van der Waals surface area (Å²) >= 11 is 0. The van der Waals surface area contributed by atoms with E-state index >= 15 is 0 Å². The minimum atomic E-state index is -0.630. The molecular formula is C18H19N3O4. The van der Waals surface area contributed by atoms with Crippen molar-refractivity contribution >= 4 is 28.9 Å². The largest absolute Gasteiger partial charge is 0.493 e. The maximum absolute atomic E-state index is 12.3. The number of carbonyl (C=O) groups is 2. The zero-order valence-corrected chi connectivity index (χ0v) is 14.0. The molecule has 1 aliphatic rings. The van der Waals surface area contributed by atoms with Gasteiger partial charge in [-0.2, -0.15) is 0 Å². The van der Waals surface area contributed by atoms with Crippen LogP contribution < -0.4 is 25.4 Å². The van der Waals surface area contributed by atoms with E-state index in [2.05, 4.69) is 16.0 Å². The van der Waals surface area contributed by atoms with Gasteiger partial charge in [0.25, 0.3) is 0 Å². The molecule has 2 aromatic rings. The third-order valence-corrected chi connectivity index (χ3v) is 3.89. The number of benzene rings is 2. The lowest BCUT2D eigenvalue weighted by Crippen LogP contribution is -2.41. The molecule has 130 valence electrons. The van der Waals surface area contributed by atoms with Crippen LogP contribution in [0.5, 0.6) is 11.5 Å². The van der Waals surface area contributed by atoms with Gasteiger partial charge >= 0.3 is 0 Å². The quantitative estimate of drug-likeness (QED) is 0.777. The predicted octanol–water partition coefficient (Wildman–Crippen LogP) is 2.47. The number of methoxy groups -OCH3 is 2. The molecular weight excluding hydrogens is 322 g/mol. The molecule has 1 aliphatic heterocycles. The van der Waals surface area contributed by atoms with Crippen molar-refractivity contribution in [1.82, 2.24) is 0 Å². The minimum Gasteiger partial charge on any atom is -0.493 e. The Labute approximate surface area is 145 Å². The molecule has 0 fully saturated rings. The van der Waals surface area contributed by atoms with Gasteiger partial charge < -0.3 is 25.4 Å². The molecule has 0 bridgehead atoms. The first-order valence-electron chi connectivity index (χ1n) is 7.79. The number of rotatable bonds is 5. The Morgan fingerprint density at radius 2 is 1.80 bits per heavy atom. The third kappa shape index (κ3) is 3.65. The van der Waals surface area contributed by atoms with Gasteiger partial charge in [-0.1, -0.05) is 12.1 Å². The van der Waals surface area contributed by atoms with Gasteiger partial charge in [-0.25, -0.2) is 0 Å². The molecule has 0 aliphatic carbocycles. The molecule has 2 amide bonds. The summed E-state index contributed by atoms with van der Waals surface area (Å²) < 4.78 is 10.4. The summed E-state index contributed by atoms with van der Waals surface area (Å²) in [5.41, 5.74) is 2.08. The van der Waals surface area contributed by atoms with E-state index in [1.807, 2.05) is 18.2 Å². The average Bonchev–Trinajstić information content (AvgIpc) is 2.62. The molecule has 1 atom stereocenters. The summed E-state index contributed by atoms with van der Waals surface area (Å²) in [4.78, 5) is 24.4. The second kappa shape index (κ2) is 7.12. The second-order valence-electron chi connectivity index (χ2n) is 5.55. The maximum Gasteiger partial charge on any atom is 0.247 e. The number of fused-ring (bicyclic) bond motifs is 1. The molecule has 7 nitrogen and oxygen atoms in total. The highest BCUT2D eigenvalue weighted by molar-refractivity contribution is 6.06. The van der Waals surface area contributed by atoms with E-state index in [1.54, 1.807) is 31.4 Å². The molecule has 0 saturated carbocycles. The van der Waals surface area contributed by atoms with E-state index in [-0.39, 0.29) is 18.2 Å². The lowest BCUT2D eigenvalue weighted by atomic mass is 10.1. The minimum absolute atomic E-state index is 0.00844. The van der Waals surface area contributed by atoms with Crippen molar-refractivity contribution in [1.29, 1.82) is 0 Å². The summed E-state index contributed by atoms with van der Waals surface area (Å²) in [5.74, 6) is 0.577. The normalized spacial score (nSPS) is 15.4. The summed E-state index contributed by atoms with van der Waals surface area (Å²) in [5, 5.41) is 8.65. The summed E-state index contributed by atoms with van der Waals surface area (Å²) in [6.07, 6.45) is 0.00844. The molecule has 7 heteroatoms. The SMILES string of the molecule is COc1ccc(NC(=O)C[C@@H]2Nc3ccccc3NC2=O)cc1OC. The Balaban J connectivity index is 1.66. The van der Waals surface area contributed by atoms with Crippen LogP contribution in [0.15, 0.2) is 42.5 Å². The summed E-state index contributed by atoms with van der Waals surface area (Å²) in [6, 6.07) is 11.8. The molecule has 0 unspecified atom stereocenters. The molecule has 0 aromatic heterocycles. The van der Waals surface area contributed by atoms with Crippen molar-refractivity contribution < 1.29 is 19.1 Å². The van der Waals surface area contributed by atoms with Crippen LogP contribution in [0.4, 0.5) is 17.1 Å². The van der Waals surface area contributed by atoms with Crippen molar-refractivity contribution in [3.63, 3.8) is 0 Å². The van der Waals surface area contributed by atoms with E-state index in [9.17, 15) is 9.59 Å². The van der Waals surface area contributed by atoms with Crippen LogP contribution in [-0.2, 0) is 9.59 Å². The number of ether oxygens (including phenoxy) is 2. The van der Waals surface area contributed by atoms with Gasteiger partial charge in [0.05, 0.1) is 32.0 Å². The predicted molar refractivity (Wildman–Crippen MR) is 95.3 cm³/mol. The number of para-hydroxylation sites is 2. The first-order chi connectivity index (χ1) is 12.1. The number of hydrogen-bond acceptors (Lipinski definition) is 5. The van der Waals surface area contributed by atoms with Crippen LogP contribution in [0.2, 0.25) is 0 Å². The fraction of sp³-hybridized carbons (Fsp3) is 0.222. The Hall–Kier alpha value is -3.22. The van der Waals surface area contributed by atoms with Crippen molar-refractivity contribution in [2.75, 3.05) is 30.2 Å². The topological polar surface area (TPSA) is 88.7 Å². The highest BCUT2D eigenvalue weighted by Gasteiger charge is 2.27. The molecule has 0 saturated heterocycles. The van der Waals surface area contributed by atoms with Gasteiger partial charge in [0.1, 0.15) is 6.04 Å². The third-order valence-electron chi connectivity index (χ3n) is 3.89. The van der Waals surface area contributed by atoms with Crippen LogP contribution in [0, 0.1) is 0 Å². The monoisotopic (exact) mass is 341 g/mol.